The molecule has 1 aliphatic heterocycles. The molecule has 3 aromatic rings. The Kier molecular flexibility index (Phi) is 7.44. The van der Waals surface area contributed by atoms with Gasteiger partial charge in [-0.2, -0.15) is 13.2 Å². The number of rotatable bonds is 7. The predicted octanol–water partition coefficient (Wildman–Crippen LogP) is 4.52. The number of ether oxygens (including phenoxy) is 1. The number of nitrogens with one attached hydrogen (secondary N) is 2. The van der Waals surface area contributed by atoms with E-state index in [1.807, 2.05) is 6.92 Å². The minimum Gasteiger partial charge on any atom is -0.377 e. The Balaban J connectivity index is 1.49. The second-order valence-electron chi connectivity index (χ2n) is 9.86. The molecule has 2 heterocycles. The van der Waals surface area contributed by atoms with Gasteiger partial charge >= 0.3 is 12.2 Å². The van der Waals surface area contributed by atoms with Crippen molar-refractivity contribution in [2.24, 2.45) is 0 Å². The van der Waals surface area contributed by atoms with E-state index in [-0.39, 0.29) is 16.6 Å². The number of sulfone groups is 1. The lowest BCUT2D eigenvalue weighted by Gasteiger charge is -2.34. The van der Waals surface area contributed by atoms with Crippen LogP contribution in [0.4, 0.5) is 29.5 Å². The van der Waals surface area contributed by atoms with Gasteiger partial charge in [0.05, 0.1) is 29.8 Å². The van der Waals surface area contributed by atoms with Crippen molar-refractivity contribution >= 4 is 27.4 Å². The number of alkyl halides is 3. The minimum absolute atomic E-state index is 0.00650. The summed E-state index contributed by atoms with van der Waals surface area (Å²) in [6.07, 6.45) is -3.67. The molecular weight excluding hydrogens is 547 g/mol. The van der Waals surface area contributed by atoms with Crippen LogP contribution >= 0.6 is 0 Å². The summed E-state index contributed by atoms with van der Waals surface area (Å²) in [6.45, 7) is 2.12. The van der Waals surface area contributed by atoms with Crippen LogP contribution in [-0.4, -0.2) is 62.9 Å². The summed E-state index contributed by atoms with van der Waals surface area (Å²) >= 11 is 0. The number of nitrogens with zero attached hydrogens (tertiary/aromatic N) is 3. The van der Waals surface area contributed by atoms with Gasteiger partial charge in [-0.05, 0) is 56.2 Å². The van der Waals surface area contributed by atoms with Crippen LogP contribution < -0.4 is 15.5 Å². The highest BCUT2D eigenvalue weighted by atomic mass is 32.2. The third-order valence-corrected chi connectivity index (χ3v) is 9.50. The van der Waals surface area contributed by atoms with Gasteiger partial charge in [-0.3, -0.25) is 0 Å². The van der Waals surface area contributed by atoms with Crippen molar-refractivity contribution in [2.75, 3.05) is 36.5 Å². The zero-order valence-corrected chi connectivity index (χ0v) is 22.4. The van der Waals surface area contributed by atoms with Crippen LogP contribution in [0.15, 0.2) is 65.6 Å². The molecule has 2 aromatic carbocycles. The molecule has 2 fully saturated rings. The number of urea groups is 1. The van der Waals surface area contributed by atoms with E-state index in [2.05, 4.69) is 10.2 Å². The molecule has 1 aliphatic carbocycles. The number of benzene rings is 2. The fourth-order valence-corrected chi connectivity index (χ4v) is 6.66. The molecule has 1 saturated carbocycles. The third kappa shape index (κ3) is 5.75. The Labute approximate surface area is 229 Å². The average Bonchev–Trinajstić information content (AvgIpc) is 3.76. The van der Waals surface area contributed by atoms with E-state index < -0.39 is 33.3 Å². The Morgan fingerprint density at radius 1 is 1.10 bits per heavy atom. The zero-order chi connectivity index (χ0) is 28.5. The molecule has 0 radical (unpaired) electrons. The first-order chi connectivity index (χ1) is 19.0. The normalized spacial score (nSPS) is 18.7. The average molecular weight is 576 g/mol. The van der Waals surface area contributed by atoms with Crippen LogP contribution in [0.1, 0.15) is 25.5 Å². The fourth-order valence-electron chi connectivity index (χ4n) is 4.67. The van der Waals surface area contributed by atoms with Crippen molar-refractivity contribution in [2.45, 2.75) is 41.6 Å². The van der Waals surface area contributed by atoms with Crippen molar-refractivity contribution in [3.8, 4) is 11.4 Å². The van der Waals surface area contributed by atoms with Crippen LogP contribution in [0.3, 0.4) is 0 Å². The van der Waals surface area contributed by atoms with Gasteiger partial charge in [-0.25, -0.2) is 23.2 Å². The maximum Gasteiger partial charge on any atom is 0.405 e. The molecule has 40 heavy (non-hydrogen) atoms. The van der Waals surface area contributed by atoms with E-state index in [0.29, 0.717) is 55.5 Å². The highest BCUT2D eigenvalue weighted by molar-refractivity contribution is 7.92. The smallest absolute Gasteiger partial charge is 0.377 e. The maximum atomic E-state index is 13.8. The number of hydrogen-bond donors (Lipinski definition) is 2. The summed E-state index contributed by atoms with van der Waals surface area (Å²) in [5.41, 5.74) is 1.23. The van der Waals surface area contributed by atoms with Crippen molar-refractivity contribution in [1.82, 2.24) is 15.3 Å². The van der Waals surface area contributed by atoms with E-state index >= 15 is 0 Å². The van der Waals surface area contributed by atoms with E-state index in [1.54, 1.807) is 53.8 Å². The van der Waals surface area contributed by atoms with Crippen LogP contribution in [0.2, 0.25) is 0 Å². The Hall–Kier alpha value is -3.71. The fraction of sp³-hybridized carbons (Fsp3) is 0.370. The molecular formula is C27H28F3N5O4S. The van der Waals surface area contributed by atoms with Crippen LogP contribution in [-0.2, 0) is 19.3 Å². The lowest BCUT2D eigenvalue weighted by molar-refractivity contribution is -0.122. The summed E-state index contributed by atoms with van der Waals surface area (Å²) in [7, 11) is -3.74. The van der Waals surface area contributed by atoms with E-state index in [9.17, 15) is 26.4 Å². The van der Waals surface area contributed by atoms with Crippen LogP contribution in [0.5, 0.6) is 0 Å². The lowest BCUT2D eigenvalue weighted by Crippen LogP contribution is -2.44. The summed E-state index contributed by atoms with van der Waals surface area (Å²) in [6, 6.07) is 15.3. The standard InChI is InChI=1S/C27H28F3N5O4S/c1-18-16-39-14-13-35(18)23-15-22(26(11-12-26)40(37,38)21-5-3-2-4-6-21)33-24(34-23)19-7-9-20(10-8-19)32-25(36)31-17-27(28,29)30/h2-10,15,18H,11-14,16-17H2,1H3,(H2,31,32,36)/t18-/m0/s1. The largest absolute Gasteiger partial charge is 0.405 e. The van der Waals surface area contributed by atoms with Gasteiger partial charge < -0.3 is 20.3 Å². The van der Waals surface area contributed by atoms with Gasteiger partial charge in [0.25, 0.3) is 0 Å². The van der Waals surface area contributed by atoms with Crippen molar-refractivity contribution in [1.29, 1.82) is 0 Å². The zero-order valence-electron chi connectivity index (χ0n) is 21.6. The summed E-state index contributed by atoms with van der Waals surface area (Å²) < 4.78 is 69.1. The first-order valence-electron chi connectivity index (χ1n) is 12.7. The first-order valence-corrected chi connectivity index (χ1v) is 14.2. The second-order valence-corrected chi connectivity index (χ2v) is 12.1. The van der Waals surface area contributed by atoms with E-state index in [1.165, 1.54) is 12.1 Å². The van der Waals surface area contributed by atoms with E-state index in [0.717, 1.165) is 0 Å². The Morgan fingerprint density at radius 2 is 1.80 bits per heavy atom. The maximum absolute atomic E-state index is 13.8. The Bertz CT molecular complexity index is 1480. The molecule has 5 rings (SSSR count). The van der Waals surface area contributed by atoms with Crippen molar-refractivity contribution < 1.29 is 31.1 Å². The highest BCUT2D eigenvalue weighted by Crippen LogP contribution is 2.55. The summed E-state index contributed by atoms with van der Waals surface area (Å²) in [5, 5.41) is 4.11. The molecule has 0 bridgehead atoms. The number of anilines is 2. The van der Waals surface area contributed by atoms with Gasteiger partial charge in [0, 0.05) is 23.9 Å². The lowest BCUT2D eigenvalue weighted by atomic mass is 10.1. The molecule has 1 atom stereocenters. The second kappa shape index (κ2) is 10.7. The molecule has 1 aromatic heterocycles. The number of amides is 2. The molecule has 0 unspecified atom stereocenters. The number of carbonyl (C=O) groups excluding carboxylic acids is 1. The van der Waals surface area contributed by atoms with Gasteiger partial charge in [-0.15, -0.1) is 0 Å². The van der Waals surface area contributed by atoms with Gasteiger partial charge in [0.1, 0.15) is 17.1 Å². The molecule has 2 aliphatic rings. The molecule has 0 spiro atoms. The predicted molar refractivity (Wildman–Crippen MR) is 143 cm³/mol. The van der Waals surface area contributed by atoms with Crippen LogP contribution in [0.25, 0.3) is 11.4 Å². The first kappa shape index (κ1) is 27.8. The van der Waals surface area contributed by atoms with Crippen molar-refractivity contribution in [3.05, 3.63) is 66.4 Å². The van der Waals surface area contributed by atoms with Crippen molar-refractivity contribution in [3.63, 3.8) is 0 Å². The summed E-state index contributed by atoms with van der Waals surface area (Å²) in [5.74, 6) is 0.882. The quantitative estimate of drug-likeness (QED) is 0.426. The number of aromatic nitrogens is 2. The molecule has 2 N–H and O–H groups in total. The topological polar surface area (TPSA) is 114 Å². The van der Waals surface area contributed by atoms with Gasteiger partial charge in [0.15, 0.2) is 15.7 Å². The molecule has 1 saturated heterocycles. The molecule has 2 amide bonds. The van der Waals surface area contributed by atoms with E-state index in [4.69, 9.17) is 14.7 Å². The molecule has 212 valence electrons. The number of morpholine rings is 1. The Morgan fingerprint density at radius 3 is 2.42 bits per heavy atom. The third-order valence-electron chi connectivity index (χ3n) is 6.96. The van der Waals surface area contributed by atoms with Crippen LogP contribution in [0, 0.1) is 0 Å². The van der Waals surface area contributed by atoms with Gasteiger partial charge in [0.2, 0.25) is 0 Å². The van der Waals surface area contributed by atoms with Gasteiger partial charge in [-0.1, -0.05) is 18.2 Å². The summed E-state index contributed by atoms with van der Waals surface area (Å²) in [4.78, 5) is 23.6. The number of carbonyl (C=O) groups is 1. The minimum atomic E-state index is -4.52. The SMILES string of the molecule is C[C@H]1COCCN1c1cc(C2(S(=O)(=O)c3ccccc3)CC2)nc(-c2ccc(NC(=O)NCC(F)(F)F)cc2)n1. The number of halogens is 3. The monoisotopic (exact) mass is 575 g/mol. The number of hydrogen-bond acceptors (Lipinski definition) is 7. The molecule has 13 heteroatoms. The highest BCUT2D eigenvalue weighted by Gasteiger charge is 2.58. The molecule has 9 nitrogen and oxygen atoms in total.